The van der Waals surface area contributed by atoms with Gasteiger partial charge in [-0.3, -0.25) is 0 Å². The van der Waals surface area contributed by atoms with Crippen molar-refractivity contribution in [3.63, 3.8) is 0 Å². The zero-order valence-electron chi connectivity index (χ0n) is 14.1. The van der Waals surface area contributed by atoms with E-state index in [0.717, 1.165) is 23.1 Å². The first-order chi connectivity index (χ1) is 12.2. The van der Waals surface area contributed by atoms with Crippen molar-refractivity contribution in [1.29, 1.82) is 0 Å². The first-order valence-corrected chi connectivity index (χ1v) is 9.09. The van der Waals surface area contributed by atoms with Crippen molar-refractivity contribution < 1.29 is 14.3 Å². The van der Waals surface area contributed by atoms with Gasteiger partial charge in [0.15, 0.2) is 0 Å². The molecule has 0 spiro atoms. The number of thiophene rings is 1. The van der Waals surface area contributed by atoms with Crippen LogP contribution in [0.2, 0.25) is 0 Å². The predicted molar refractivity (Wildman–Crippen MR) is 96.5 cm³/mol. The summed E-state index contributed by atoms with van der Waals surface area (Å²) in [6.07, 6.45) is 4.83. The van der Waals surface area contributed by atoms with Gasteiger partial charge in [-0.05, 0) is 48.9 Å². The highest BCUT2D eigenvalue weighted by Gasteiger charge is 2.24. The van der Waals surface area contributed by atoms with Crippen LogP contribution in [0.5, 0.6) is 11.6 Å². The van der Waals surface area contributed by atoms with Gasteiger partial charge in [0.2, 0.25) is 5.88 Å². The fraction of sp³-hybridized carbons (Fsp3) is 0.316. The second kappa shape index (κ2) is 6.44. The Morgan fingerprint density at radius 3 is 3.04 bits per heavy atom. The molecule has 0 saturated carbocycles. The predicted octanol–water partition coefficient (Wildman–Crippen LogP) is 4.40. The van der Waals surface area contributed by atoms with E-state index in [1.807, 2.05) is 0 Å². The summed E-state index contributed by atoms with van der Waals surface area (Å²) in [5.74, 6) is 1.43. The van der Waals surface area contributed by atoms with Gasteiger partial charge in [0.25, 0.3) is 0 Å². The number of carbonyl (C=O) groups is 1. The molecule has 0 saturated heterocycles. The molecule has 1 aromatic carbocycles. The molecule has 1 aliphatic carbocycles. The van der Waals surface area contributed by atoms with Crippen LogP contribution in [0.1, 0.15) is 34.1 Å². The number of esters is 1. The molecule has 128 valence electrons. The average Bonchev–Trinajstić information content (AvgIpc) is 2.99. The maximum atomic E-state index is 11.7. The van der Waals surface area contributed by atoms with Gasteiger partial charge in [0.1, 0.15) is 16.9 Å². The first kappa shape index (κ1) is 16.0. The van der Waals surface area contributed by atoms with Gasteiger partial charge >= 0.3 is 5.97 Å². The summed E-state index contributed by atoms with van der Waals surface area (Å²) in [7, 11) is 1.36. The summed E-state index contributed by atoms with van der Waals surface area (Å²) in [5.41, 5.74) is 1.77. The van der Waals surface area contributed by atoms with Crippen LogP contribution in [-0.4, -0.2) is 23.0 Å². The summed E-state index contributed by atoms with van der Waals surface area (Å²) in [4.78, 5) is 22.8. The Morgan fingerprint density at radius 2 is 2.20 bits per heavy atom. The normalized spacial score (nSPS) is 16.5. The maximum absolute atomic E-state index is 11.7. The Morgan fingerprint density at radius 1 is 1.32 bits per heavy atom. The third-order valence-electron chi connectivity index (χ3n) is 4.53. The van der Waals surface area contributed by atoms with Gasteiger partial charge in [-0.2, -0.15) is 0 Å². The molecule has 0 aliphatic heterocycles. The molecule has 0 bridgehead atoms. The minimum atomic E-state index is -0.389. The van der Waals surface area contributed by atoms with Crippen molar-refractivity contribution in [1.82, 2.24) is 9.97 Å². The summed E-state index contributed by atoms with van der Waals surface area (Å²) in [6, 6.07) is 6.94. The molecule has 0 radical (unpaired) electrons. The third-order valence-corrected chi connectivity index (χ3v) is 5.69. The molecule has 6 heteroatoms. The van der Waals surface area contributed by atoms with E-state index in [9.17, 15) is 4.79 Å². The Hall–Kier alpha value is -2.47. The van der Waals surface area contributed by atoms with Crippen LogP contribution in [0, 0.1) is 5.92 Å². The number of rotatable bonds is 3. The number of hydrogen-bond donors (Lipinski definition) is 0. The van der Waals surface area contributed by atoms with Crippen molar-refractivity contribution in [2.24, 2.45) is 5.92 Å². The maximum Gasteiger partial charge on any atom is 0.337 e. The van der Waals surface area contributed by atoms with Gasteiger partial charge in [0, 0.05) is 4.88 Å². The van der Waals surface area contributed by atoms with Crippen LogP contribution in [0.4, 0.5) is 0 Å². The van der Waals surface area contributed by atoms with E-state index in [2.05, 4.69) is 16.9 Å². The Bertz CT molecular complexity index is 951. The molecule has 4 rings (SSSR count). The van der Waals surface area contributed by atoms with E-state index in [0.29, 0.717) is 23.1 Å². The number of aromatic nitrogens is 2. The van der Waals surface area contributed by atoms with E-state index in [1.165, 1.54) is 30.3 Å². The smallest absolute Gasteiger partial charge is 0.337 e. The number of nitrogens with zero attached hydrogens (tertiary/aromatic N) is 2. The van der Waals surface area contributed by atoms with Crippen LogP contribution in [-0.2, 0) is 17.6 Å². The molecule has 25 heavy (non-hydrogen) atoms. The van der Waals surface area contributed by atoms with Gasteiger partial charge in [0.05, 0.1) is 18.1 Å². The quantitative estimate of drug-likeness (QED) is 0.653. The van der Waals surface area contributed by atoms with Gasteiger partial charge in [-0.1, -0.05) is 13.0 Å². The minimum Gasteiger partial charge on any atom is -0.465 e. The Labute approximate surface area is 149 Å². The number of methoxy groups -OCH3 is 1. The number of fused-ring (bicyclic) bond motifs is 3. The highest BCUT2D eigenvalue weighted by atomic mass is 32.1. The lowest BCUT2D eigenvalue weighted by Crippen LogP contribution is -2.08. The largest absolute Gasteiger partial charge is 0.465 e. The lowest BCUT2D eigenvalue weighted by Gasteiger charge is -2.18. The molecule has 3 aromatic rings. The van der Waals surface area contributed by atoms with Crippen molar-refractivity contribution in [2.75, 3.05) is 7.11 Å². The number of carbonyl (C=O) groups excluding carboxylic acids is 1. The lowest BCUT2D eigenvalue weighted by atomic mass is 9.89. The highest BCUT2D eigenvalue weighted by Crippen LogP contribution is 2.41. The molecule has 0 N–H and O–H groups in total. The summed E-state index contributed by atoms with van der Waals surface area (Å²) >= 11 is 1.73. The molecule has 2 heterocycles. The molecule has 0 fully saturated rings. The SMILES string of the molecule is COC(=O)c1cccc(Oc2ncnc3sc4c(c23)CCC(C)C4)c1. The second-order valence-corrected chi connectivity index (χ2v) is 7.42. The monoisotopic (exact) mass is 354 g/mol. The average molecular weight is 354 g/mol. The second-order valence-electron chi connectivity index (χ2n) is 6.33. The number of benzene rings is 1. The zero-order valence-corrected chi connectivity index (χ0v) is 14.9. The molecular weight excluding hydrogens is 336 g/mol. The number of aryl methyl sites for hydroxylation is 1. The molecule has 1 atom stereocenters. The molecule has 5 nitrogen and oxygen atoms in total. The third kappa shape index (κ3) is 2.98. The van der Waals surface area contributed by atoms with Crippen molar-refractivity contribution in [3.8, 4) is 11.6 Å². The Kier molecular flexibility index (Phi) is 4.13. The molecular formula is C19H18N2O3S. The van der Waals surface area contributed by atoms with E-state index in [4.69, 9.17) is 9.47 Å². The topological polar surface area (TPSA) is 61.3 Å². The van der Waals surface area contributed by atoms with E-state index < -0.39 is 0 Å². The summed E-state index contributed by atoms with van der Waals surface area (Å²) in [5, 5.41) is 1.01. The fourth-order valence-corrected chi connectivity index (χ4v) is 4.58. The standard InChI is InChI=1S/C19H18N2O3S/c1-11-6-7-14-15(8-11)25-18-16(14)17(20-10-21-18)24-13-5-3-4-12(9-13)19(22)23-2/h3-5,9-11H,6-8H2,1-2H3. The minimum absolute atomic E-state index is 0.389. The van der Waals surface area contributed by atoms with Crippen LogP contribution in [0.3, 0.4) is 0 Å². The van der Waals surface area contributed by atoms with E-state index in [-0.39, 0.29) is 5.97 Å². The van der Waals surface area contributed by atoms with Crippen molar-refractivity contribution in [2.45, 2.75) is 26.2 Å². The fourth-order valence-electron chi connectivity index (χ4n) is 3.24. The Balaban J connectivity index is 1.74. The molecule has 1 aliphatic rings. The zero-order chi connectivity index (χ0) is 17.4. The number of ether oxygens (including phenoxy) is 2. The van der Waals surface area contributed by atoms with Crippen molar-refractivity contribution in [3.05, 3.63) is 46.6 Å². The molecule has 0 amide bonds. The van der Waals surface area contributed by atoms with E-state index >= 15 is 0 Å². The summed E-state index contributed by atoms with van der Waals surface area (Å²) < 4.78 is 10.8. The molecule has 1 unspecified atom stereocenters. The number of hydrogen-bond acceptors (Lipinski definition) is 6. The first-order valence-electron chi connectivity index (χ1n) is 8.27. The van der Waals surface area contributed by atoms with Gasteiger partial charge in [-0.25, -0.2) is 14.8 Å². The van der Waals surface area contributed by atoms with Gasteiger partial charge < -0.3 is 9.47 Å². The van der Waals surface area contributed by atoms with Crippen LogP contribution >= 0.6 is 11.3 Å². The lowest BCUT2D eigenvalue weighted by molar-refractivity contribution is 0.0600. The molecule has 2 aromatic heterocycles. The van der Waals surface area contributed by atoms with E-state index in [1.54, 1.807) is 35.6 Å². The summed E-state index contributed by atoms with van der Waals surface area (Å²) in [6.45, 7) is 2.29. The van der Waals surface area contributed by atoms with Crippen molar-refractivity contribution >= 4 is 27.5 Å². The van der Waals surface area contributed by atoms with Gasteiger partial charge in [-0.15, -0.1) is 11.3 Å². The van der Waals surface area contributed by atoms with Crippen LogP contribution in [0.25, 0.3) is 10.2 Å². The van der Waals surface area contributed by atoms with Crippen LogP contribution < -0.4 is 4.74 Å². The van der Waals surface area contributed by atoms with Crippen LogP contribution in [0.15, 0.2) is 30.6 Å². The highest BCUT2D eigenvalue weighted by molar-refractivity contribution is 7.18.